The van der Waals surface area contributed by atoms with Gasteiger partial charge < -0.3 is 9.15 Å². The Labute approximate surface area is 119 Å². The molecule has 0 saturated heterocycles. The lowest BCUT2D eigenvalue weighted by Crippen LogP contribution is -1.98. The van der Waals surface area contributed by atoms with Gasteiger partial charge in [0.05, 0.1) is 12.4 Å². The third kappa shape index (κ3) is 3.36. The van der Waals surface area contributed by atoms with Crippen molar-refractivity contribution in [3.63, 3.8) is 0 Å². The molecule has 19 heavy (non-hydrogen) atoms. The minimum Gasteiger partial charge on any atom is -0.463 e. The van der Waals surface area contributed by atoms with Gasteiger partial charge in [0.25, 0.3) is 0 Å². The number of ether oxygens (including phenoxy) is 1. The van der Waals surface area contributed by atoms with Gasteiger partial charge in [-0.3, -0.25) is 0 Å². The van der Waals surface area contributed by atoms with Crippen molar-refractivity contribution in [2.75, 3.05) is 7.11 Å². The predicted octanol–water partition coefficient (Wildman–Crippen LogP) is 3.33. The Kier molecular flexibility index (Phi) is 4.60. The van der Waals surface area contributed by atoms with Crippen molar-refractivity contribution in [1.82, 2.24) is 9.36 Å². The molecule has 0 saturated carbocycles. The van der Waals surface area contributed by atoms with Crippen LogP contribution in [0.4, 0.5) is 0 Å². The molecule has 2 heterocycles. The summed E-state index contributed by atoms with van der Waals surface area (Å²) in [5.41, 5.74) is 0. The highest BCUT2D eigenvalue weighted by molar-refractivity contribution is 8.01. The van der Waals surface area contributed by atoms with Crippen LogP contribution >= 0.6 is 23.3 Å². The molecule has 0 fully saturated rings. The lowest BCUT2D eigenvalue weighted by Gasteiger charge is -2.04. The first-order valence-electron chi connectivity index (χ1n) is 5.81. The Hall–Kier alpha value is -1.34. The number of thioether (sulfide) groups is 1. The normalized spacial score (nSPS) is 12.4. The van der Waals surface area contributed by atoms with Gasteiger partial charge in [0.15, 0.2) is 4.34 Å². The fourth-order valence-corrected chi connectivity index (χ4v) is 3.34. The maximum absolute atomic E-state index is 11.3. The smallest absolute Gasteiger partial charge is 0.373 e. The van der Waals surface area contributed by atoms with E-state index in [0.717, 1.165) is 22.3 Å². The molecule has 1 unspecified atom stereocenters. The lowest BCUT2D eigenvalue weighted by molar-refractivity contribution is 0.0563. The van der Waals surface area contributed by atoms with Crippen LogP contribution in [-0.2, 0) is 11.2 Å². The Morgan fingerprint density at radius 2 is 2.37 bits per heavy atom. The van der Waals surface area contributed by atoms with Gasteiger partial charge in [-0.1, -0.05) is 18.7 Å². The standard InChI is InChI=1S/C12H14N2O3S2/c1-4-10-13-12(19-14-10)18-7(2)8-5-6-9(17-8)11(15)16-3/h5-7H,4H2,1-3H3. The van der Waals surface area contributed by atoms with E-state index in [1.165, 1.54) is 18.6 Å². The second-order valence-electron chi connectivity index (χ2n) is 3.78. The van der Waals surface area contributed by atoms with Gasteiger partial charge in [0, 0.05) is 6.42 Å². The third-order valence-corrected chi connectivity index (χ3v) is 4.40. The fraction of sp³-hybridized carbons (Fsp3) is 0.417. The average molecular weight is 298 g/mol. The summed E-state index contributed by atoms with van der Waals surface area (Å²) in [5.74, 6) is 1.33. The van der Waals surface area contributed by atoms with E-state index in [1.807, 2.05) is 13.8 Å². The molecule has 5 nitrogen and oxygen atoms in total. The van der Waals surface area contributed by atoms with Gasteiger partial charge in [-0.25, -0.2) is 9.78 Å². The Balaban J connectivity index is 2.05. The van der Waals surface area contributed by atoms with E-state index in [1.54, 1.807) is 23.9 Å². The van der Waals surface area contributed by atoms with Crippen molar-refractivity contribution in [1.29, 1.82) is 0 Å². The highest BCUT2D eigenvalue weighted by atomic mass is 32.2. The molecule has 0 aliphatic rings. The highest BCUT2D eigenvalue weighted by Crippen LogP contribution is 2.36. The Morgan fingerprint density at radius 3 is 3.00 bits per heavy atom. The number of esters is 1. The van der Waals surface area contributed by atoms with Crippen LogP contribution in [0.15, 0.2) is 20.9 Å². The topological polar surface area (TPSA) is 65.2 Å². The van der Waals surface area contributed by atoms with Gasteiger partial charge >= 0.3 is 5.97 Å². The summed E-state index contributed by atoms with van der Waals surface area (Å²) in [6.07, 6.45) is 0.832. The molecule has 0 aliphatic heterocycles. The monoisotopic (exact) mass is 298 g/mol. The lowest BCUT2D eigenvalue weighted by atomic mass is 10.3. The quantitative estimate of drug-likeness (QED) is 0.623. The van der Waals surface area contributed by atoms with E-state index < -0.39 is 5.97 Å². The van der Waals surface area contributed by atoms with Crippen LogP contribution in [-0.4, -0.2) is 22.4 Å². The first-order valence-corrected chi connectivity index (χ1v) is 7.46. The van der Waals surface area contributed by atoms with E-state index in [2.05, 4.69) is 14.1 Å². The molecule has 2 aromatic rings. The van der Waals surface area contributed by atoms with Crippen molar-refractivity contribution >= 4 is 29.3 Å². The summed E-state index contributed by atoms with van der Waals surface area (Å²) in [4.78, 5) is 15.7. The zero-order valence-electron chi connectivity index (χ0n) is 10.9. The molecule has 0 bridgehead atoms. The number of nitrogens with zero attached hydrogens (tertiary/aromatic N) is 2. The molecular weight excluding hydrogens is 284 g/mol. The van der Waals surface area contributed by atoms with E-state index in [0.29, 0.717) is 0 Å². The van der Waals surface area contributed by atoms with Crippen LogP contribution in [0.2, 0.25) is 0 Å². The molecule has 2 aromatic heterocycles. The van der Waals surface area contributed by atoms with Crippen molar-refractivity contribution in [3.05, 3.63) is 29.5 Å². The number of carbonyl (C=O) groups excluding carboxylic acids is 1. The van der Waals surface area contributed by atoms with Crippen LogP contribution in [0.3, 0.4) is 0 Å². The molecule has 0 aromatic carbocycles. The molecule has 0 N–H and O–H groups in total. The van der Waals surface area contributed by atoms with Gasteiger partial charge in [0.2, 0.25) is 5.76 Å². The number of aryl methyl sites for hydroxylation is 1. The van der Waals surface area contributed by atoms with Gasteiger partial charge in [-0.15, -0.1) is 0 Å². The highest BCUT2D eigenvalue weighted by Gasteiger charge is 2.17. The van der Waals surface area contributed by atoms with Gasteiger partial charge in [-0.05, 0) is 30.6 Å². The second-order valence-corrected chi connectivity index (χ2v) is 6.12. The van der Waals surface area contributed by atoms with Crippen molar-refractivity contribution < 1.29 is 13.9 Å². The number of rotatable bonds is 5. The predicted molar refractivity (Wildman–Crippen MR) is 73.6 cm³/mol. The van der Waals surface area contributed by atoms with Crippen LogP contribution in [0, 0.1) is 0 Å². The minimum atomic E-state index is -0.465. The first kappa shape index (κ1) is 14.1. The van der Waals surface area contributed by atoms with Crippen LogP contribution < -0.4 is 0 Å². The number of aromatic nitrogens is 2. The van der Waals surface area contributed by atoms with E-state index in [4.69, 9.17) is 4.42 Å². The van der Waals surface area contributed by atoms with Crippen LogP contribution in [0.5, 0.6) is 0 Å². The maximum Gasteiger partial charge on any atom is 0.373 e. The average Bonchev–Trinajstić information content (AvgIpc) is 3.06. The van der Waals surface area contributed by atoms with Crippen molar-refractivity contribution in [3.8, 4) is 0 Å². The molecule has 7 heteroatoms. The van der Waals surface area contributed by atoms with Crippen molar-refractivity contribution in [2.24, 2.45) is 0 Å². The number of carbonyl (C=O) groups is 1. The largest absolute Gasteiger partial charge is 0.463 e. The molecular formula is C12H14N2O3S2. The molecule has 2 rings (SSSR count). The van der Waals surface area contributed by atoms with Crippen LogP contribution in [0.1, 0.15) is 41.2 Å². The van der Waals surface area contributed by atoms with Crippen LogP contribution in [0.25, 0.3) is 0 Å². The molecule has 0 radical (unpaired) electrons. The molecule has 1 atom stereocenters. The Morgan fingerprint density at radius 1 is 1.58 bits per heavy atom. The minimum absolute atomic E-state index is 0.0658. The summed E-state index contributed by atoms with van der Waals surface area (Å²) in [7, 11) is 1.33. The Bertz CT molecular complexity index is 565. The second kappa shape index (κ2) is 6.21. The molecule has 0 amide bonds. The summed E-state index contributed by atoms with van der Waals surface area (Å²) in [5, 5.41) is 0.0658. The summed E-state index contributed by atoms with van der Waals surface area (Å²) in [6, 6.07) is 3.40. The number of hydrogen-bond donors (Lipinski definition) is 0. The zero-order valence-corrected chi connectivity index (χ0v) is 12.5. The summed E-state index contributed by atoms with van der Waals surface area (Å²) >= 11 is 2.95. The molecule has 0 aliphatic carbocycles. The fourth-order valence-electron chi connectivity index (χ4n) is 1.42. The maximum atomic E-state index is 11.3. The summed E-state index contributed by atoms with van der Waals surface area (Å²) in [6.45, 7) is 4.02. The first-order chi connectivity index (χ1) is 9.13. The number of hydrogen-bond acceptors (Lipinski definition) is 7. The molecule has 0 spiro atoms. The third-order valence-electron chi connectivity index (χ3n) is 2.46. The van der Waals surface area contributed by atoms with Gasteiger partial charge in [-0.2, -0.15) is 4.37 Å². The van der Waals surface area contributed by atoms with Crippen molar-refractivity contribution in [2.45, 2.75) is 29.9 Å². The van der Waals surface area contributed by atoms with E-state index >= 15 is 0 Å². The zero-order chi connectivity index (χ0) is 13.8. The number of furan rings is 1. The number of methoxy groups -OCH3 is 1. The van der Waals surface area contributed by atoms with E-state index in [9.17, 15) is 4.79 Å². The van der Waals surface area contributed by atoms with Gasteiger partial charge in [0.1, 0.15) is 11.6 Å². The molecule has 102 valence electrons. The summed E-state index contributed by atoms with van der Waals surface area (Å²) < 4.78 is 15.2. The van der Waals surface area contributed by atoms with E-state index in [-0.39, 0.29) is 11.0 Å². The SMILES string of the molecule is CCc1nsc(SC(C)c2ccc(C(=O)OC)o2)n1.